The number of nitrogens with one attached hydrogen (secondary N) is 2. The molecule has 1 heterocycles. The van der Waals surface area contributed by atoms with Crippen molar-refractivity contribution in [2.75, 3.05) is 13.6 Å². The Kier molecular flexibility index (Phi) is 3.79. The Morgan fingerprint density at radius 2 is 2.21 bits per heavy atom. The topological polar surface area (TPSA) is 111 Å². The summed E-state index contributed by atoms with van der Waals surface area (Å²) in [6, 6.07) is 4.35. The highest BCUT2D eigenvalue weighted by atomic mass is 16.6. The summed E-state index contributed by atoms with van der Waals surface area (Å²) in [5.41, 5.74) is 1.07. The molecule has 2 unspecified atom stereocenters. The molecule has 19 heavy (non-hydrogen) atoms. The summed E-state index contributed by atoms with van der Waals surface area (Å²) in [4.78, 5) is 13.2. The number of fused-ring (bicyclic) bond motifs is 1. The van der Waals surface area contributed by atoms with Crippen molar-refractivity contribution in [2.24, 2.45) is 0 Å². The van der Waals surface area contributed by atoms with E-state index in [4.69, 9.17) is 0 Å². The van der Waals surface area contributed by atoms with Crippen LogP contribution in [0.2, 0.25) is 0 Å². The molecule has 2 aromatic rings. The molecule has 7 nitrogen and oxygen atoms in total. The van der Waals surface area contributed by atoms with Crippen LogP contribution >= 0.6 is 0 Å². The summed E-state index contributed by atoms with van der Waals surface area (Å²) in [6.07, 6.45) is -0.538. The van der Waals surface area contributed by atoms with E-state index in [9.17, 15) is 20.3 Å². The van der Waals surface area contributed by atoms with Crippen molar-refractivity contribution in [2.45, 2.75) is 12.2 Å². The van der Waals surface area contributed by atoms with Crippen LogP contribution in [0.15, 0.2) is 24.4 Å². The number of non-ortho nitro benzene ring substituents is 1. The predicted octanol–water partition coefficient (Wildman–Crippen LogP) is 0.690. The fourth-order valence-corrected chi connectivity index (χ4v) is 2.02. The van der Waals surface area contributed by atoms with Crippen LogP contribution in [0.25, 0.3) is 10.9 Å². The summed E-state index contributed by atoms with van der Waals surface area (Å²) in [7, 11) is 1.66. The molecule has 2 atom stereocenters. The lowest BCUT2D eigenvalue weighted by Crippen LogP contribution is -2.29. The lowest BCUT2D eigenvalue weighted by atomic mass is 10.0. The first-order chi connectivity index (χ1) is 9.04. The zero-order valence-corrected chi connectivity index (χ0v) is 10.3. The number of hydrogen-bond acceptors (Lipinski definition) is 5. The van der Waals surface area contributed by atoms with Crippen LogP contribution in [0.5, 0.6) is 0 Å². The first-order valence-corrected chi connectivity index (χ1v) is 5.80. The predicted molar refractivity (Wildman–Crippen MR) is 69.8 cm³/mol. The number of nitro benzene ring substituents is 1. The Morgan fingerprint density at radius 1 is 1.47 bits per heavy atom. The number of aliphatic hydroxyl groups excluding tert-OH is 2. The van der Waals surface area contributed by atoms with E-state index in [-0.39, 0.29) is 12.2 Å². The van der Waals surface area contributed by atoms with E-state index in [1.54, 1.807) is 19.3 Å². The van der Waals surface area contributed by atoms with Crippen LogP contribution in [0.1, 0.15) is 11.7 Å². The van der Waals surface area contributed by atoms with E-state index < -0.39 is 17.1 Å². The Bertz CT molecular complexity index is 596. The van der Waals surface area contributed by atoms with E-state index in [1.165, 1.54) is 12.1 Å². The van der Waals surface area contributed by atoms with Gasteiger partial charge in [-0.15, -0.1) is 0 Å². The van der Waals surface area contributed by atoms with Crippen molar-refractivity contribution in [1.82, 2.24) is 10.3 Å². The smallest absolute Gasteiger partial charge is 0.270 e. The van der Waals surface area contributed by atoms with Gasteiger partial charge in [-0.3, -0.25) is 10.1 Å². The number of nitro groups is 1. The molecule has 7 heteroatoms. The minimum absolute atomic E-state index is 0.0522. The van der Waals surface area contributed by atoms with Gasteiger partial charge in [-0.25, -0.2) is 0 Å². The Balaban J connectivity index is 2.43. The number of aromatic amines is 1. The van der Waals surface area contributed by atoms with Gasteiger partial charge in [0.2, 0.25) is 0 Å². The summed E-state index contributed by atoms with van der Waals surface area (Å²) in [6.45, 7) is 0.225. The van der Waals surface area contributed by atoms with Crippen LogP contribution < -0.4 is 5.32 Å². The first-order valence-electron chi connectivity index (χ1n) is 5.80. The number of rotatable bonds is 5. The number of aliphatic hydroxyl groups is 2. The maximum absolute atomic E-state index is 10.8. The highest BCUT2D eigenvalue weighted by molar-refractivity contribution is 5.85. The minimum Gasteiger partial charge on any atom is -0.389 e. The van der Waals surface area contributed by atoms with Crippen molar-refractivity contribution in [3.05, 3.63) is 40.1 Å². The largest absolute Gasteiger partial charge is 0.389 e. The fourth-order valence-electron chi connectivity index (χ4n) is 2.02. The lowest BCUT2D eigenvalue weighted by Gasteiger charge is -2.16. The Morgan fingerprint density at radius 3 is 2.84 bits per heavy atom. The molecular weight excluding hydrogens is 250 g/mol. The normalized spacial score (nSPS) is 14.5. The molecule has 0 saturated heterocycles. The molecular formula is C12H15N3O4. The standard InChI is InChI=1S/C12H15N3O4/c1-13-6-11(16)12(17)9-5-14-10-3-2-7(15(18)19)4-8(9)10/h2-5,11-14,16-17H,6H2,1H3. The van der Waals surface area contributed by atoms with E-state index in [1.807, 2.05) is 0 Å². The average molecular weight is 265 g/mol. The summed E-state index contributed by atoms with van der Waals surface area (Å²) in [5.74, 6) is 0. The van der Waals surface area contributed by atoms with Gasteiger partial charge in [0.15, 0.2) is 0 Å². The van der Waals surface area contributed by atoms with Crippen LogP contribution in [-0.4, -0.2) is 39.8 Å². The van der Waals surface area contributed by atoms with Crippen molar-refractivity contribution in [3.8, 4) is 0 Å². The van der Waals surface area contributed by atoms with Gasteiger partial charge in [0.1, 0.15) is 6.10 Å². The highest BCUT2D eigenvalue weighted by Gasteiger charge is 2.22. The number of aromatic nitrogens is 1. The molecule has 102 valence electrons. The molecule has 1 aromatic heterocycles. The molecule has 0 amide bonds. The van der Waals surface area contributed by atoms with Gasteiger partial charge in [-0.1, -0.05) is 0 Å². The number of benzene rings is 1. The number of likely N-dealkylation sites (N-methyl/N-ethyl adjacent to an activating group) is 1. The van der Waals surface area contributed by atoms with Gasteiger partial charge < -0.3 is 20.5 Å². The Hall–Kier alpha value is -1.96. The zero-order valence-electron chi connectivity index (χ0n) is 10.3. The number of hydrogen-bond donors (Lipinski definition) is 4. The number of H-pyrrole nitrogens is 1. The second-order valence-electron chi connectivity index (χ2n) is 4.30. The molecule has 0 fully saturated rings. The van der Waals surface area contributed by atoms with Crippen LogP contribution in [0, 0.1) is 10.1 Å². The van der Waals surface area contributed by atoms with Gasteiger partial charge in [0.25, 0.3) is 5.69 Å². The number of nitrogens with zero attached hydrogens (tertiary/aromatic N) is 1. The molecule has 0 aliphatic carbocycles. The van der Waals surface area contributed by atoms with Gasteiger partial charge in [0.05, 0.1) is 11.0 Å². The molecule has 0 aliphatic rings. The van der Waals surface area contributed by atoms with Gasteiger partial charge >= 0.3 is 0 Å². The third-order valence-electron chi connectivity index (χ3n) is 3.00. The quantitative estimate of drug-likeness (QED) is 0.469. The van der Waals surface area contributed by atoms with Crippen LogP contribution in [0.4, 0.5) is 5.69 Å². The maximum Gasteiger partial charge on any atom is 0.270 e. The van der Waals surface area contributed by atoms with E-state index in [0.717, 1.165) is 0 Å². The fraction of sp³-hybridized carbons (Fsp3) is 0.333. The van der Waals surface area contributed by atoms with Gasteiger partial charge in [-0.05, 0) is 13.1 Å². The molecule has 0 spiro atoms. The van der Waals surface area contributed by atoms with Crippen LogP contribution in [-0.2, 0) is 0 Å². The van der Waals surface area contributed by atoms with Crippen molar-refractivity contribution < 1.29 is 15.1 Å². The van der Waals surface area contributed by atoms with E-state index in [2.05, 4.69) is 10.3 Å². The SMILES string of the molecule is CNCC(O)C(O)c1c[nH]c2ccc([N+](=O)[O-])cc12. The summed E-state index contributed by atoms with van der Waals surface area (Å²) >= 11 is 0. The second-order valence-corrected chi connectivity index (χ2v) is 4.30. The first kappa shape index (κ1) is 13.5. The van der Waals surface area contributed by atoms with Crippen LogP contribution in [0.3, 0.4) is 0 Å². The molecule has 0 radical (unpaired) electrons. The van der Waals surface area contributed by atoms with Crippen molar-refractivity contribution >= 4 is 16.6 Å². The third-order valence-corrected chi connectivity index (χ3v) is 3.00. The maximum atomic E-state index is 10.8. The zero-order chi connectivity index (χ0) is 14.0. The summed E-state index contributed by atoms with van der Waals surface area (Å²) < 4.78 is 0. The molecule has 2 rings (SSSR count). The highest BCUT2D eigenvalue weighted by Crippen LogP contribution is 2.29. The average Bonchev–Trinajstić information content (AvgIpc) is 2.80. The van der Waals surface area contributed by atoms with E-state index in [0.29, 0.717) is 16.5 Å². The third kappa shape index (κ3) is 2.58. The van der Waals surface area contributed by atoms with E-state index >= 15 is 0 Å². The Labute approximate surface area is 109 Å². The monoisotopic (exact) mass is 265 g/mol. The van der Waals surface area contributed by atoms with Crippen molar-refractivity contribution in [1.29, 1.82) is 0 Å². The molecule has 1 aromatic carbocycles. The lowest BCUT2D eigenvalue weighted by molar-refractivity contribution is -0.384. The van der Waals surface area contributed by atoms with Gasteiger partial charge in [0, 0.05) is 41.3 Å². The summed E-state index contributed by atoms with van der Waals surface area (Å²) in [5, 5.41) is 33.9. The minimum atomic E-state index is -1.11. The van der Waals surface area contributed by atoms with Crippen molar-refractivity contribution in [3.63, 3.8) is 0 Å². The molecule has 4 N–H and O–H groups in total. The second kappa shape index (κ2) is 5.35. The molecule has 0 saturated carbocycles. The molecule has 0 bridgehead atoms. The van der Waals surface area contributed by atoms with Gasteiger partial charge in [-0.2, -0.15) is 0 Å². The molecule has 0 aliphatic heterocycles.